The highest BCUT2D eigenvalue weighted by Gasteiger charge is 2.26. The van der Waals surface area contributed by atoms with Gasteiger partial charge < -0.3 is 4.74 Å². The predicted molar refractivity (Wildman–Crippen MR) is 89.1 cm³/mol. The van der Waals surface area contributed by atoms with Gasteiger partial charge in [0.1, 0.15) is 5.75 Å². The predicted octanol–water partition coefficient (Wildman–Crippen LogP) is 4.15. The highest BCUT2D eigenvalue weighted by atomic mass is 79.9. The molecule has 3 nitrogen and oxygen atoms in total. The summed E-state index contributed by atoms with van der Waals surface area (Å²) in [5, 5.41) is 0. The van der Waals surface area contributed by atoms with Gasteiger partial charge in [-0.1, -0.05) is 19.8 Å². The average molecular weight is 354 g/mol. The number of rotatable bonds is 5. The zero-order chi connectivity index (χ0) is 15.4. The van der Waals surface area contributed by atoms with Gasteiger partial charge >= 0.3 is 0 Å². The maximum atomic E-state index is 12.5. The van der Waals surface area contributed by atoms with Gasteiger partial charge in [0, 0.05) is 11.6 Å². The van der Waals surface area contributed by atoms with Crippen LogP contribution in [0.2, 0.25) is 0 Å². The molecular formula is C17H24BrNO2. The van der Waals surface area contributed by atoms with Gasteiger partial charge in [0.25, 0.3) is 0 Å². The number of ketones is 1. The Morgan fingerprint density at radius 1 is 1.38 bits per heavy atom. The molecule has 1 saturated carbocycles. The minimum Gasteiger partial charge on any atom is -0.496 e. The van der Waals surface area contributed by atoms with E-state index in [9.17, 15) is 4.79 Å². The summed E-state index contributed by atoms with van der Waals surface area (Å²) in [6, 6.07) is 6.05. The van der Waals surface area contributed by atoms with E-state index < -0.39 is 0 Å². The number of Topliss-reactive ketones (excluding diaryl/α,β-unsaturated/α-hetero) is 1. The van der Waals surface area contributed by atoms with E-state index in [1.54, 1.807) is 7.11 Å². The highest BCUT2D eigenvalue weighted by molar-refractivity contribution is 9.10. The van der Waals surface area contributed by atoms with Crippen molar-refractivity contribution in [2.24, 2.45) is 5.92 Å². The lowest BCUT2D eigenvalue weighted by molar-refractivity contribution is 0.0851. The van der Waals surface area contributed by atoms with Crippen LogP contribution in [0.1, 0.15) is 43.0 Å². The fourth-order valence-corrected chi connectivity index (χ4v) is 3.77. The number of methoxy groups -OCH3 is 1. The molecule has 2 atom stereocenters. The molecule has 0 radical (unpaired) electrons. The molecule has 1 aromatic carbocycles. The molecule has 0 saturated heterocycles. The van der Waals surface area contributed by atoms with Crippen LogP contribution in [-0.4, -0.2) is 37.4 Å². The van der Waals surface area contributed by atoms with Crippen LogP contribution in [0.4, 0.5) is 0 Å². The van der Waals surface area contributed by atoms with Crippen molar-refractivity contribution in [3.05, 3.63) is 28.2 Å². The van der Waals surface area contributed by atoms with Crippen molar-refractivity contribution in [3.63, 3.8) is 0 Å². The Kier molecular flexibility index (Phi) is 5.82. The fraction of sp³-hybridized carbons (Fsp3) is 0.588. The van der Waals surface area contributed by atoms with Gasteiger partial charge in [-0.3, -0.25) is 9.69 Å². The maximum Gasteiger partial charge on any atom is 0.176 e. The first kappa shape index (κ1) is 16.5. The third kappa shape index (κ3) is 4.07. The lowest BCUT2D eigenvalue weighted by Crippen LogP contribution is -2.41. The Bertz CT molecular complexity index is 504. The smallest absolute Gasteiger partial charge is 0.176 e. The van der Waals surface area contributed by atoms with Crippen LogP contribution >= 0.6 is 15.9 Å². The topological polar surface area (TPSA) is 29.5 Å². The molecule has 0 aromatic heterocycles. The summed E-state index contributed by atoms with van der Waals surface area (Å²) >= 11 is 3.44. The molecule has 0 bridgehead atoms. The van der Waals surface area contributed by atoms with Crippen molar-refractivity contribution in [3.8, 4) is 5.75 Å². The molecule has 1 fully saturated rings. The van der Waals surface area contributed by atoms with Gasteiger partial charge in [0.2, 0.25) is 0 Å². The molecule has 0 N–H and O–H groups in total. The number of nitrogens with zero attached hydrogens (tertiary/aromatic N) is 1. The van der Waals surface area contributed by atoms with Crippen LogP contribution in [0, 0.1) is 5.92 Å². The molecule has 2 rings (SSSR count). The van der Waals surface area contributed by atoms with Gasteiger partial charge in [0.05, 0.1) is 18.1 Å². The second kappa shape index (κ2) is 7.41. The normalized spacial score (nSPS) is 22.3. The molecule has 2 unspecified atom stereocenters. The van der Waals surface area contributed by atoms with Crippen molar-refractivity contribution in [2.45, 2.75) is 38.6 Å². The van der Waals surface area contributed by atoms with Crippen LogP contribution in [0.15, 0.2) is 22.7 Å². The van der Waals surface area contributed by atoms with E-state index >= 15 is 0 Å². The second-order valence-electron chi connectivity index (χ2n) is 6.02. The average Bonchev–Trinajstić information content (AvgIpc) is 2.47. The van der Waals surface area contributed by atoms with E-state index in [1.165, 1.54) is 25.7 Å². The van der Waals surface area contributed by atoms with E-state index in [-0.39, 0.29) is 5.78 Å². The van der Waals surface area contributed by atoms with Gasteiger partial charge in [0.15, 0.2) is 5.78 Å². The molecule has 4 heteroatoms. The first-order valence-electron chi connectivity index (χ1n) is 7.60. The third-order valence-corrected chi connectivity index (χ3v) is 5.12. The summed E-state index contributed by atoms with van der Waals surface area (Å²) in [7, 11) is 3.70. The van der Waals surface area contributed by atoms with Gasteiger partial charge in [-0.2, -0.15) is 0 Å². The Labute approximate surface area is 135 Å². The Hall–Kier alpha value is -0.870. The first-order valence-corrected chi connectivity index (χ1v) is 8.39. The summed E-state index contributed by atoms with van der Waals surface area (Å²) in [4.78, 5) is 14.7. The number of halogens is 1. The van der Waals surface area contributed by atoms with Crippen LogP contribution in [0.25, 0.3) is 0 Å². The van der Waals surface area contributed by atoms with Crippen LogP contribution in [-0.2, 0) is 0 Å². The van der Waals surface area contributed by atoms with E-state index in [0.29, 0.717) is 18.5 Å². The number of hydrogen-bond acceptors (Lipinski definition) is 3. The summed E-state index contributed by atoms with van der Waals surface area (Å²) < 4.78 is 6.03. The molecule has 1 aromatic rings. The largest absolute Gasteiger partial charge is 0.496 e. The molecule has 116 valence electrons. The lowest BCUT2D eigenvalue weighted by Gasteiger charge is -2.35. The van der Waals surface area contributed by atoms with Crippen molar-refractivity contribution in [1.82, 2.24) is 4.90 Å². The number of carbonyl (C=O) groups is 1. The van der Waals surface area contributed by atoms with Crippen molar-refractivity contribution in [2.75, 3.05) is 20.7 Å². The van der Waals surface area contributed by atoms with Crippen molar-refractivity contribution in [1.29, 1.82) is 0 Å². The van der Waals surface area contributed by atoms with E-state index in [1.807, 2.05) is 18.2 Å². The standard InChI is InChI=1S/C17H24BrNO2/c1-12-6-4-5-7-15(12)19(2)11-16(20)13-8-9-17(21-3)14(18)10-13/h8-10,12,15H,4-7,11H2,1-3H3. The first-order chi connectivity index (χ1) is 10.0. The van der Waals surface area contributed by atoms with E-state index in [2.05, 4.69) is 34.8 Å². The molecule has 21 heavy (non-hydrogen) atoms. The van der Waals surface area contributed by atoms with Crippen LogP contribution in [0.3, 0.4) is 0 Å². The number of benzene rings is 1. The Morgan fingerprint density at radius 2 is 2.10 bits per heavy atom. The number of likely N-dealkylation sites (N-methyl/N-ethyl adjacent to an activating group) is 1. The highest BCUT2D eigenvalue weighted by Crippen LogP contribution is 2.28. The number of hydrogen-bond donors (Lipinski definition) is 0. The summed E-state index contributed by atoms with van der Waals surface area (Å²) in [5.74, 6) is 1.60. The van der Waals surface area contributed by atoms with E-state index in [4.69, 9.17) is 4.74 Å². The van der Waals surface area contributed by atoms with Crippen LogP contribution in [0.5, 0.6) is 5.75 Å². The summed E-state index contributed by atoms with van der Waals surface area (Å²) in [6.07, 6.45) is 5.08. The third-order valence-electron chi connectivity index (χ3n) is 4.50. The van der Waals surface area contributed by atoms with Gasteiger partial charge in [-0.05, 0) is 59.9 Å². The van der Waals surface area contributed by atoms with Crippen molar-refractivity contribution < 1.29 is 9.53 Å². The second-order valence-corrected chi connectivity index (χ2v) is 6.87. The molecule has 0 heterocycles. The molecule has 0 amide bonds. The number of ether oxygens (including phenoxy) is 1. The quantitative estimate of drug-likeness (QED) is 0.744. The maximum absolute atomic E-state index is 12.5. The molecule has 0 spiro atoms. The molecular weight excluding hydrogens is 330 g/mol. The van der Waals surface area contributed by atoms with Gasteiger partial charge in [-0.25, -0.2) is 0 Å². The molecule has 1 aliphatic rings. The SMILES string of the molecule is COc1ccc(C(=O)CN(C)C2CCCCC2C)cc1Br. The molecule has 1 aliphatic carbocycles. The summed E-state index contributed by atoms with van der Waals surface area (Å²) in [5.41, 5.74) is 0.734. The van der Waals surface area contributed by atoms with Crippen LogP contribution < -0.4 is 4.74 Å². The zero-order valence-corrected chi connectivity index (χ0v) is 14.6. The monoisotopic (exact) mass is 353 g/mol. The Morgan fingerprint density at radius 3 is 2.71 bits per heavy atom. The lowest BCUT2D eigenvalue weighted by atomic mass is 9.85. The summed E-state index contributed by atoms with van der Waals surface area (Å²) in [6.45, 7) is 2.78. The van der Waals surface area contributed by atoms with Crippen molar-refractivity contribution >= 4 is 21.7 Å². The fourth-order valence-electron chi connectivity index (χ4n) is 3.23. The minimum absolute atomic E-state index is 0.165. The molecule has 0 aliphatic heterocycles. The van der Waals surface area contributed by atoms with Gasteiger partial charge in [-0.15, -0.1) is 0 Å². The Balaban J connectivity index is 2.01. The minimum atomic E-state index is 0.165. The zero-order valence-electron chi connectivity index (χ0n) is 13.1. The number of carbonyl (C=O) groups excluding carboxylic acids is 1. The van der Waals surface area contributed by atoms with E-state index in [0.717, 1.165) is 15.8 Å².